The summed E-state index contributed by atoms with van der Waals surface area (Å²) in [5, 5.41) is 1.78. The van der Waals surface area contributed by atoms with Gasteiger partial charge >= 0.3 is 0 Å². The molecule has 3 aromatic heterocycles. The van der Waals surface area contributed by atoms with E-state index in [1.54, 1.807) is 29.8 Å². The van der Waals surface area contributed by atoms with Crippen LogP contribution in [-0.2, 0) is 10.0 Å². The highest BCUT2D eigenvalue weighted by Gasteiger charge is 2.25. The minimum atomic E-state index is -3.83. The summed E-state index contributed by atoms with van der Waals surface area (Å²) in [5.74, 6) is 0. The molecule has 0 fully saturated rings. The van der Waals surface area contributed by atoms with Gasteiger partial charge in [0.1, 0.15) is 5.65 Å². The van der Waals surface area contributed by atoms with E-state index in [4.69, 9.17) is 11.6 Å². The number of hydrogen-bond donors (Lipinski definition) is 1. The number of aromatic nitrogens is 3. The summed E-state index contributed by atoms with van der Waals surface area (Å²) in [6.07, 6.45) is 3.10. The molecule has 0 unspecified atom stereocenters. The molecule has 9 heteroatoms. The zero-order valence-corrected chi connectivity index (χ0v) is 11.7. The Balaban J connectivity index is 2.15. The van der Waals surface area contributed by atoms with Gasteiger partial charge < -0.3 is 0 Å². The molecular formula is C10H7ClN4O2S2. The van der Waals surface area contributed by atoms with Crippen LogP contribution < -0.4 is 4.72 Å². The lowest BCUT2D eigenvalue weighted by molar-refractivity contribution is 0.596. The van der Waals surface area contributed by atoms with Crippen LogP contribution in [0.4, 0.5) is 5.13 Å². The molecule has 3 rings (SSSR count). The first-order valence-corrected chi connectivity index (χ1v) is 7.87. The number of nitrogens with one attached hydrogen (secondary N) is 1. The van der Waals surface area contributed by atoms with Crippen molar-refractivity contribution in [3.8, 4) is 0 Å². The average Bonchev–Trinajstić information content (AvgIpc) is 2.94. The maximum absolute atomic E-state index is 12.3. The summed E-state index contributed by atoms with van der Waals surface area (Å²) < 4.78 is 28.4. The van der Waals surface area contributed by atoms with Gasteiger partial charge in [0.15, 0.2) is 15.3 Å². The molecule has 3 aromatic rings. The van der Waals surface area contributed by atoms with Crippen LogP contribution in [0.2, 0.25) is 5.15 Å². The number of anilines is 1. The maximum Gasteiger partial charge on any atom is 0.282 e. The van der Waals surface area contributed by atoms with Crippen molar-refractivity contribution in [1.29, 1.82) is 0 Å². The van der Waals surface area contributed by atoms with E-state index in [2.05, 4.69) is 14.7 Å². The number of imidazole rings is 1. The van der Waals surface area contributed by atoms with E-state index in [1.807, 2.05) is 0 Å². The van der Waals surface area contributed by atoms with Crippen molar-refractivity contribution in [2.24, 2.45) is 0 Å². The molecule has 0 spiro atoms. The Morgan fingerprint density at radius 3 is 2.95 bits per heavy atom. The van der Waals surface area contributed by atoms with Crippen LogP contribution in [0.3, 0.4) is 0 Å². The number of nitrogens with zero attached hydrogens (tertiary/aromatic N) is 3. The van der Waals surface area contributed by atoms with Crippen LogP contribution in [0, 0.1) is 0 Å². The van der Waals surface area contributed by atoms with Gasteiger partial charge in [0.25, 0.3) is 10.0 Å². The van der Waals surface area contributed by atoms with Crippen molar-refractivity contribution in [3.05, 3.63) is 41.1 Å². The second kappa shape index (κ2) is 4.48. The van der Waals surface area contributed by atoms with Crippen molar-refractivity contribution >= 4 is 43.7 Å². The van der Waals surface area contributed by atoms with E-state index in [0.29, 0.717) is 5.65 Å². The number of hydrogen-bond acceptors (Lipinski definition) is 5. The normalized spacial score (nSPS) is 11.8. The molecule has 0 aliphatic rings. The third-order valence-electron chi connectivity index (χ3n) is 2.35. The Morgan fingerprint density at radius 2 is 2.21 bits per heavy atom. The quantitative estimate of drug-likeness (QED) is 0.804. The second-order valence-electron chi connectivity index (χ2n) is 3.58. The van der Waals surface area contributed by atoms with Crippen molar-refractivity contribution in [2.75, 3.05) is 4.72 Å². The molecule has 0 saturated carbocycles. The minimum Gasteiger partial charge on any atom is -0.288 e. The number of fused-ring (bicyclic) bond motifs is 1. The Morgan fingerprint density at radius 1 is 1.37 bits per heavy atom. The van der Waals surface area contributed by atoms with Gasteiger partial charge in [-0.05, 0) is 12.1 Å². The van der Waals surface area contributed by atoms with Gasteiger partial charge in [-0.15, -0.1) is 11.3 Å². The van der Waals surface area contributed by atoms with Crippen LogP contribution in [-0.4, -0.2) is 22.8 Å². The molecular weight excluding hydrogens is 308 g/mol. The van der Waals surface area contributed by atoms with Crippen LogP contribution >= 0.6 is 22.9 Å². The maximum atomic E-state index is 12.3. The van der Waals surface area contributed by atoms with E-state index >= 15 is 0 Å². The number of thiazole rings is 1. The fourth-order valence-corrected chi connectivity index (χ4v) is 4.06. The van der Waals surface area contributed by atoms with Crippen LogP contribution in [0.25, 0.3) is 5.65 Å². The largest absolute Gasteiger partial charge is 0.288 e. The van der Waals surface area contributed by atoms with Crippen molar-refractivity contribution in [3.63, 3.8) is 0 Å². The van der Waals surface area contributed by atoms with Crippen molar-refractivity contribution in [1.82, 2.24) is 14.4 Å². The summed E-state index contributed by atoms with van der Waals surface area (Å²) in [6, 6.07) is 5.13. The number of sulfonamides is 1. The minimum absolute atomic E-state index is 0.0738. The molecule has 0 radical (unpaired) electrons. The first-order valence-electron chi connectivity index (χ1n) is 5.13. The third-order valence-corrected chi connectivity index (χ3v) is 4.91. The summed E-state index contributed by atoms with van der Waals surface area (Å²) >= 11 is 7.11. The van der Waals surface area contributed by atoms with E-state index in [9.17, 15) is 8.42 Å². The molecule has 19 heavy (non-hydrogen) atoms. The van der Waals surface area contributed by atoms with E-state index in [1.165, 1.54) is 21.9 Å². The van der Waals surface area contributed by atoms with Crippen molar-refractivity contribution in [2.45, 2.75) is 5.03 Å². The summed E-state index contributed by atoms with van der Waals surface area (Å²) in [6.45, 7) is 0. The summed E-state index contributed by atoms with van der Waals surface area (Å²) in [5.41, 5.74) is 0.465. The summed E-state index contributed by atoms with van der Waals surface area (Å²) in [7, 11) is -3.83. The Hall–Kier alpha value is -1.64. The lowest BCUT2D eigenvalue weighted by Gasteiger charge is -2.05. The first kappa shape index (κ1) is 12.4. The fraction of sp³-hybridized carbons (Fsp3) is 0. The Labute approximate surface area is 117 Å². The molecule has 3 heterocycles. The zero-order valence-electron chi connectivity index (χ0n) is 9.32. The standard InChI is InChI=1S/C10H7ClN4O2S2/c11-8-9(15-5-2-1-3-7(15)13-8)19(16,17)14-10-12-4-6-18-10/h1-6H,(H,12,14). The van der Waals surface area contributed by atoms with Gasteiger partial charge in [0.05, 0.1) is 0 Å². The second-order valence-corrected chi connectivity index (χ2v) is 6.43. The van der Waals surface area contributed by atoms with E-state index in [-0.39, 0.29) is 15.3 Å². The molecule has 0 aliphatic carbocycles. The fourth-order valence-electron chi connectivity index (χ4n) is 1.62. The van der Waals surface area contributed by atoms with Gasteiger partial charge in [-0.1, -0.05) is 17.7 Å². The topological polar surface area (TPSA) is 76.4 Å². The number of rotatable bonds is 3. The number of pyridine rings is 1. The molecule has 6 nitrogen and oxygen atoms in total. The van der Waals surface area contributed by atoms with Gasteiger partial charge in [-0.25, -0.2) is 9.97 Å². The van der Waals surface area contributed by atoms with Crippen LogP contribution in [0.1, 0.15) is 0 Å². The lowest BCUT2D eigenvalue weighted by atomic mass is 10.5. The number of halogens is 1. The van der Waals surface area contributed by atoms with Crippen LogP contribution in [0.5, 0.6) is 0 Å². The van der Waals surface area contributed by atoms with Gasteiger partial charge in [0.2, 0.25) is 0 Å². The van der Waals surface area contributed by atoms with Gasteiger partial charge in [-0.3, -0.25) is 9.12 Å². The molecule has 0 atom stereocenters. The Bertz CT molecular complexity index is 826. The van der Waals surface area contributed by atoms with Gasteiger partial charge in [0, 0.05) is 17.8 Å². The molecule has 0 aliphatic heterocycles. The molecule has 1 N–H and O–H groups in total. The zero-order chi connectivity index (χ0) is 13.5. The highest BCUT2D eigenvalue weighted by Crippen LogP contribution is 2.25. The molecule has 0 bridgehead atoms. The monoisotopic (exact) mass is 314 g/mol. The smallest absolute Gasteiger partial charge is 0.282 e. The predicted octanol–water partition coefficient (Wildman–Crippen LogP) is 2.24. The predicted molar refractivity (Wildman–Crippen MR) is 73.1 cm³/mol. The molecule has 0 amide bonds. The SMILES string of the molecule is O=S(=O)(Nc1nccs1)c1c(Cl)nc2ccccn12. The highest BCUT2D eigenvalue weighted by atomic mass is 35.5. The van der Waals surface area contributed by atoms with Crippen LogP contribution in [0.15, 0.2) is 41.0 Å². The van der Waals surface area contributed by atoms with E-state index in [0.717, 1.165) is 0 Å². The Kier molecular flexibility index (Phi) is 2.92. The van der Waals surface area contributed by atoms with E-state index < -0.39 is 10.0 Å². The lowest BCUT2D eigenvalue weighted by Crippen LogP contribution is -2.15. The third kappa shape index (κ3) is 2.18. The molecule has 0 aromatic carbocycles. The van der Waals surface area contributed by atoms with Crippen molar-refractivity contribution < 1.29 is 8.42 Å². The first-order chi connectivity index (χ1) is 9.08. The molecule has 98 valence electrons. The average molecular weight is 315 g/mol. The molecule has 0 saturated heterocycles. The van der Waals surface area contributed by atoms with Gasteiger partial charge in [-0.2, -0.15) is 8.42 Å². The highest BCUT2D eigenvalue weighted by molar-refractivity contribution is 7.93. The summed E-state index contributed by atoms with van der Waals surface area (Å²) in [4.78, 5) is 7.88.